The Kier molecular flexibility index (Phi) is 6.11. The van der Waals surface area contributed by atoms with Crippen LogP contribution in [0.1, 0.15) is 37.7 Å². The van der Waals surface area contributed by atoms with Crippen molar-refractivity contribution in [1.29, 1.82) is 0 Å². The molecule has 1 aromatic carbocycles. The van der Waals surface area contributed by atoms with Gasteiger partial charge in [0, 0.05) is 38.5 Å². The minimum atomic E-state index is -0.841. The van der Waals surface area contributed by atoms with Gasteiger partial charge in [-0.1, -0.05) is 18.2 Å². The number of nitrogens with zero attached hydrogens (tertiary/aromatic N) is 1. The van der Waals surface area contributed by atoms with Gasteiger partial charge in [-0.2, -0.15) is 0 Å². The number of carbonyl (C=O) groups is 1. The van der Waals surface area contributed by atoms with Crippen molar-refractivity contribution in [3.63, 3.8) is 0 Å². The molecule has 6 nitrogen and oxygen atoms in total. The summed E-state index contributed by atoms with van der Waals surface area (Å²) in [6.07, 6.45) is 5.16. The molecule has 0 N–H and O–H groups in total. The van der Waals surface area contributed by atoms with Crippen LogP contribution in [0, 0.1) is 5.92 Å². The first kappa shape index (κ1) is 20.0. The molecule has 4 rings (SSSR count). The highest BCUT2D eigenvalue weighted by Gasteiger charge is 2.44. The molecule has 154 valence electrons. The summed E-state index contributed by atoms with van der Waals surface area (Å²) in [7, 11) is 1.49. The van der Waals surface area contributed by atoms with E-state index in [4.69, 9.17) is 30.5 Å². The molecule has 1 spiro atoms. The van der Waals surface area contributed by atoms with E-state index < -0.39 is 5.75 Å². The first-order valence-electron chi connectivity index (χ1n) is 10.1. The van der Waals surface area contributed by atoms with Gasteiger partial charge in [-0.05, 0) is 48.9 Å². The zero-order chi connectivity index (χ0) is 19.6. The van der Waals surface area contributed by atoms with Crippen LogP contribution < -0.4 is 4.74 Å². The Hall–Kier alpha value is -1.34. The maximum atomic E-state index is 13.1. The summed E-state index contributed by atoms with van der Waals surface area (Å²) >= 11 is 5.95. The van der Waals surface area contributed by atoms with Gasteiger partial charge >= 0.3 is 0 Å². The van der Waals surface area contributed by atoms with Crippen LogP contribution in [0.25, 0.3) is 0 Å². The maximum Gasteiger partial charge on any atom is 0.279 e. The number of likely N-dealkylation sites (tertiary alicyclic amines) is 1. The molecule has 2 unspecified atom stereocenters. The Morgan fingerprint density at radius 3 is 2.64 bits per heavy atom. The highest BCUT2D eigenvalue weighted by Crippen LogP contribution is 2.39. The summed E-state index contributed by atoms with van der Waals surface area (Å²) in [6.45, 7) is 2.19. The highest BCUT2D eigenvalue weighted by molar-refractivity contribution is 6.18. The predicted octanol–water partition coefficient (Wildman–Crippen LogP) is 3.31. The minimum absolute atomic E-state index is 0.0177. The molecule has 0 bridgehead atoms. The van der Waals surface area contributed by atoms with Gasteiger partial charge in [0.15, 0.2) is 5.79 Å². The van der Waals surface area contributed by atoms with E-state index in [1.165, 1.54) is 7.11 Å². The fourth-order valence-electron chi connectivity index (χ4n) is 4.66. The van der Waals surface area contributed by atoms with E-state index in [1.807, 2.05) is 24.3 Å². The monoisotopic (exact) mass is 409 g/mol. The number of carbonyl (C=O) groups excluding carboxylic acids is 1. The third kappa shape index (κ3) is 4.15. The Bertz CT molecular complexity index is 683. The van der Waals surface area contributed by atoms with E-state index in [2.05, 4.69) is 4.90 Å². The van der Waals surface area contributed by atoms with E-state index in [-0.39, 0.29) is 17.6 Å². The summed E-state index contributed by atoms with van der Waals surface area (Å²) in [5.74, 6) is -0.319. The van der Waals surface area contributed by atoms with Crippen LogP contribution in [-0.4, -0.2) is 55.3 Å². The second kappa shape index (κ2) is 8.57. The molecule has 1 amide bonds. The first-order chi connectivity index (χ1) is 13.6. The second-order valence-corrected chi connectivity index (χ2v) is 8.15. The normalized spacial score (nSPS) is 26.1. The van der Waals surface area contributed by atoms with Crippen molar-refractivity contribution in [2.24, 2.45) is 5.92 Å². The van der Waals surface area contributed by atoms with Gasteiger partial charge in [0.2, 0.25) is 5.91 Å². The average molecular weight is 410 g/mol. The van der Waals surface area contributed by atoms with Gasteiger partial charge in [0.1, 0.15) is 5.75 Å². The van der Waals surface area contributed by atoms with E-state index in [9.17, 15) is 4.79 Å². The lowest BCUT2D eigenvalue weighted by molar-refractivity contribution is -0.184. The first-order valence-corrected chi connectivity index (χ1v) is 10.5. The Labute approximate surface area is 171 Å². The lowest BCUT2D eigenvalue weighted by Crippen LogP contribution is -2.45. The molecule has 28 heavy (non-hydrogen) atoms. The van der Waals surface area contributed by atoms with Crippen LogP contribution in [0.2, 0.25) is 0 Å². The summed E-state index contributed by atoms with van der Waals surface area (Å²) in [4.78, 5) is 15.2. The van der Waals surface area contributed by atoms with E-state index >= 15 is 0 Å². The van der Waals surface area contributed by atoms with Crippen molar-refractivity contribution < 1.29 is 23.7 Å². The van der Waals surface area contributed by atoms with Crippen LogP contribution in [0.15, 0.2) is 24.3 Å². The van der Waals surface area contributed by atoms with Crippen molar-refractivity contribution in [1.82, 2.24) is 4.90 Å². The molecule has 1 saturated carbocycles. The van der Waals surface area contributed by atoms with Gasteiger partial charge in [-0.25, -0.2) is 0 Å². The number of para-hydroxylation sites is 1. The van der Waals surface area contributed by atoms with Gasteiger partial charge in [-0.3, -0.25) is 4.79 Å². The summed E-state index contributed by atoms with van der Waals surface area (Å²) < 4.78 is 22.2. The predicted molar refractivity (Wildman–Crippen MR) is 104 cm³/mol. The molecule has 2 saturated heterocycles. The molecular weight excluding hydrogens is 382 g/mol. The van der Waals surface area contributed by atoms with Crippen LogP contribution >= 0.6 is 11.6 Å². The number of halogens is 1. The maximum absolute atomic E-state index is 13.1. The fourth-order valence-corrected chi connectivity index (χ4v) is 4.75. The molecule has 2 aliphatic heterocycles. The molecule has 1 aromatic rings. The van der Waals surface area contributed by atoms with E-state index in [0.717, 1.165) is 44.2 Å². The topological polar surface area (TPSA) is 57.2 Å². The van der Waals surface area contributed by atoms with E-state index in [1.54, 1.807) is 0 Å². The van der Waals surface area contributed by atoms with Crippen molar-refractivity contribution >= 4 is 17.5 Å². The molecule has 2 atom stereocenters. The molecule has 0 radical (unpaired) electrons. The molecule has 0 aromatic heterocycles. The number of methoxy groups -OCH3 is 1. The van der Waals surface area contributed by atoms with Crippen molar-refractivity contribution in [3.8, 4) is 5.75 Å². The molecular formula is C21H28ClNO5. The largest absolute Gasteiger partial charge is 0.451 e. The number of amides is 1. The standard InChI is InChI=1S/C21H28ClNO5/c1-25-20(22)28-18-5-3-2-4-15(18)14-16-8-11-23(19(16)24)17-6-9-21(10-7-17)26-12-13-27-21/h2-5,16-17,20H,6-14H2,1H3. The van der Waals surface area contributed by atoms with Gasteiger partial charge in [0.05, 0.1) is 13.2 Å². The Balaban J connectivity index is 1.36. The minimum Gasteiger partial charge on any atom is -0.451 e. The number of alkyl halides is 1. The Morgan fingerprint density at radius 1 is 1.21 bits per heavy atom. The lowest BCUT2D eigenvalue weighted by atomic mass is 9.89. The molecule has 3 aliphatic rings. The van der Waals surface area contributed by atoms with Gasteiger partial charge in [-0.15, -0.1) is 0 Å². The number of benzene rings is 1. The van der Waals surface area contributed by atoms with E-state index in [0.29, 0.717) is 31.4 Å². The molecule has 7 heteroatoms. The third-order valence-corrected chi connectivity index (χ3v) is 6.43. The van der Waals surface area contributed by atoms with Crippen LogP contribution in [0.3, 0.4) is 0 Å². The average Bonchev–Trinajstić information content (AvgIpc) is 3.31. The van der Waals surface area contributed by atoms with Crippen molar-refractivity contribution in [3.05, 3.63) is 29.8 Å². The van der Waals surface area contributed by atoms with Crippen LogP contribution in [-0.2, 0) is 25.4 Å². The van der Waals surface area contributed by atoms with Crippen molar-refractivity contribution in [2.75, 3.05) is 26.9 Å². The van der Waals surface area contributed by atoms with Gasteiger partial charge in [0.25, 0.3) is 5.75 Å². The Morgan fingerprint density at radius 2 is 1.93 bits per heavy atom. The summed E-state index contributed by atoms with van der Waals surface area (Å²) in [5.41, 5.74) is 0.987. The number of hydrogen-bond acceptors (Lipinski definition) is 5. The quantitative estimate of drug-likeness (QED) is 0.533. The highest BCUT2D eigenvalue weighted by atomic mass is 35.5. The summed E-state index contributed by atoms with van der Waals surface area (Å²) in [5, 5.41) is 0. The lowest BCUT2D eigenvalue weighted by Gasteiger charge is -2.39. The number of hydrogen-bond donors (Lipinski definition) is 0. The number of ether oxygens (including phenoxy) is 4. The fraction of sp³-hybridized carbons (Fsp3) is 0.667. The SMILES string of the molecule is COC(Cl)Oc1ccccc1CC1CCN(C2CCC3(CC2)OCCO3)C1=O. The third-order valence-electron chi connectivity index (χ3n) is 6.17. The smallest absolute Gasteiger partial charge is 0.279 e. The van der Waals surface area contributed by atoms with Crippen LogP contribution in [0.4, 0.5) is 0 Å². The summed E-state index contributed by atoms with van der Waals surface area (Å²) in [6, 6.07) is 8.00. The zero-order valence-electron chi connectivity index (χ0n) is 16.3. The molecule has 2 heterocycles. The molecule has 3 fully saturated rings. The molecule has 1 aliphatic carbocycles. The zero-order valence-corrected chi connectivity index (χ0v) is 17.0. The van der Waals surface area contributed by atoms with Gasteiger partial charge < -0.3 is 23.8 Å². The van der Waals surface area contributed by atoms with Crippen LogP contribution in [0.5, 0.6) is 5.75 Å². The number of rotatable bonds is 6. The van der Waals surface area contributed by atoms with Crippen molar-refractivity contribution in [2.45, 2.75) is 56.1 Å². The second-order valence-electron chi connectivity index (χ2n) is 7.80.